The smallest absolute Gasteiger partial charge is 0.241 e. The van der Waals surface area contributed by atoms with Crippen molar-refractivity contribution in [3.05, 3.63) is 29.8 Å². The molecule has 1 amide bonds. The van der Waals surface area contributed by atoms with Gasteiger partial charge in [-0.15, -0.1) is 0 Å². The van der Waals surface area contributed by atoms with Crippen LogP contribution in [0, 0.1) is 0 Å². The van der Waals surface area contributed by atoms with Gasteiger partial charge in [0.05, 0.1) is 13.2 Å². The quantitative estimate of drug-likeness (QED) is 0.818. The molecule has 1 atom stereocenters. The highest BCUT2D eigenvalue weighted by molar-refractivity contribution is 5.96. The van der Waals surface area contributed by atoms with Gasteiger partial charge < -0.3 is 9.64 Å². The number of hydrogen-bond donors (Lipinski definition) is 0. The largest absolute Gasteiger partial charge is 0.383 e. The summed E-state index contributed by atoms with van der Waals surface area (Å²) in [6, 6.07) is 8.72. The van der Waals surface area contributed by atoms with E-state index >= 15 is 0 Å². The normalized spacial score (nSPS) is 22.3. The highest BCUT2D eigenvalue weighted by atomic mass is 16.5. The van der Waals surface area contributed by atoms with Crippen molar-refractivity contribution in [2.75, 3.05) is 57.9 Å². The zero-order valence-electron chi connectivity index (χ0n) is 14.2. The number of methoxy groups -OCH3 is 1. The Hall–Kier alpha value is -1.43. The lowest BCUT2D eigenvalue weighted by molar-refractivity contribution is -0.120. The Kier molecular flexibility index (Phi) is 5.30. The van der Waals surface area contributed by atoms with E-state index in [4.69, 9.17) is 4.74 Å². The lowest BCUT2D eigenvalue weighted by Gasteiger charge is -2.39. The van der Waals surface area contributed by atoms with Gasteiger partial charge in [-0.25, -0.2) is 0 Å². The Balaban J connectivity index is 1.54. The third-order valence-corrected chi connectivity index (χ3v) is 4.98. The summed E-state index contributed by atoms with van der Waals surface area (Å²) in [6.45, 7) is 8.23. The zero-order valence-corrected chi connectivity index (χ0v) is 14.2. The van der Waals surface area contributed by atoms with Gasteiger partial charge in [0.2, 0.25) is 5.91 Å². The van der Waals surface area contributed by atoms with Gasteiger partial charge in [-0.2, -0.15) is 0 Å². The van der Waals surface area contributed by atoms with E-state index in [0.717, 1.165) is 51.4 Å². The minimum atomic E-state index is 0.229. The first kappa shape index (κ1) is 16.4. The number of benzene rings is 1. The Morgan fingerprint density at radius 2 is 2.09 bits per heavy atom. The minimum absolute atomic E-state index is 0.229. The fraction of sp³-hybridized carbons (Fsp3) is 0.611. The summed E-state index contributed by atoms with van der Waals surface area (Å²) < 4.78 is 5.17. The predicted molar refractivity (Wildman–Crippen MR) is 91.9 cm³/mol. The Bertz CT molecular complexity index is 549. The maximum absolute atomic E-state index is 12.7. The van der Waals surface area contributed by atoms with Crippen molar-refractivity contribution in [1.82, 2.24) is 9.80 Å². The second-order valence-corrected chi connectivity index (χ2v) is 6.54. The van der Waals surface area contributed by atoms with Crippen LogP contribution in [-0.4, -0.2) is 74.7 Å². The number of carbonyl (C=O) groups is 1. The van der Waals surface area contributed by atoms with Gasteiger partial charge in [0.25, 0.3) is 0 Å². The first-order valence-corrected chi connectivity index (χ1v) is 8.52. The van der Waals surface area contributed by atoms with Crippen molar-refractivity contribution in [2.45, 2.75) is 19.4 Å². The van der Waals surface area contributed by atoms with Crippen LogP contribution in [0.15, 0.2) is 24.3 Å². The van der Waals surface area contributed by atoms with Gasteiger partial charge in [-0.1, -0.05) is 18.2 Å². The van der Waals surface area contributed by atoms with E-state index in [1.54, 1.807) is 7.11 Å². The van der Waals surface area contributed by atoms with E-state index < -0.39 is 0 Å². The Labute approximate surface area is 138 Å². The highest BCUT2D eigenvalue weighted by Gasteiger charge is 2.28. The number of fused-ring (bicyclic) bond motifs is 1. The summed E-state index contributed by atoms with van der Waals surface area (Å²) in [6.07, 6.45) is 0.975. The summed E-state index contributed by atoms with van der Waals surface area (Å²) in [7, 11) is 1.74. The number of hydrogen-bond acceptors (Lipinski definition) is 4. The summed E-state index contributed by atoms with van der Waals surface area (Å²) in [5, 5.41) is 0. The molecule has 1 aromatic carbocycles. The molecule has 1 saturated heterocycles. The second-order valence-electron chi connectivity index (χ2n) is 6.54. The highest BCUT2D eigenvalue weighted by Crippen LogP contribution is 2.27. The van der Waals surface area contributed by atoms with Gasteiger partial charge >= 0.3 is 0 Å². The second kappa shape index (κ2) is 7.43. The molecular weight excluding hydrogens is 290 g/mol. The van der Waals surface area contributed by atoms with Gasteiger partial charge in [-0.05, 0) is 25.0 Å². The van der Waals surface area contributed by atoms with Gasteiger partial charge in [-0.3, -0.25) is 14.6 Å². The summed E-state index contributed by atoms with van der Waals surface area (Å²) >= 11 is 0. The first-order valence-electron chi connectivity index (χ1n) is 8.52. The maximum Gasteiger partial charge on any atom is 0.241 e. The number of para-hydroxylation sites is 1. The topological polar surface area (TPSA) is 36.0 Å². The number of carbonyl (C=O) groups excluding carboxylic acids is 1. The summed E-state index contributed by atoms with van der Waals surface area (Å²) in [5.41, 5.74) is 2.39. The summed E-state index contributed by atoms with van der Waals surface area (Å²) in [4.78, 5) is 19.4. The molecule has 0 saturated carbocycles. The molecular formula is C18H27N3O2. The lowest BCUT2D eigenvalue weighted by Crippen LogP contribution is -2.54. The van der Waals surface area contributed by atoms with Crippen LogP contribution in [0.4, 0.5) is 5.69 Å². The van der Waals surface area contributed by atoms with E-state index in [-0.39, 0.29) is 5.91 Å². The predicted octanol–water partition coefficient (Wildman–Crippen LogP) is 1.23. The molecule has 0 unspecified atom stereocenters. The number of piperazine rings is 1. The summed E-state index contributed by atoms with van der Waals surface area (Å²) in [5.74, 6) is 0.229. The van der Waals surface area contributed by atoms with E-state index in [0.29, 0.717) is 12.6 Å². The first-order chi connectivity index (χ1) is 11.2. The molecule has 5 heteroatoms. The van der Waals surface area contributed by atoms with Gasteiger partial charge in [0, 0.05) is 51.6 Å². The molecule has 0 bridgehead atoms. The molecule has 2 aliphatic rings. The Morgan fingerprint density at radius 3 is 2.87 bits per heavy atom. The molecule has 0 aromatic heterocycles. The third-order valence-electron chi connectivity index (χ3n) is 4.98. The van der Waals surface area contributed by atoms with Crippen molar-refractivity contribution in [2.24, 2.45) is 0 Å². The average molecular weight is 317 g/mol. The van der Waals surface area contributed by atoms with Crippen LogP contribution in [0.25, 0.3) is 0 Å². The van der Waals surface area contributed by atoms with E-state index in [1.807, 2.05) is 17.0 Å². The van der Waals surface area contributed by atoms with E-state index in [1.165, 1.54) is 5.56 Å². The zero-order chi connectivity index (χ0) is 16.2. The molecule has 1 fully saturated rings. The molecule has 2 heterocycles. The van der Waals surface area contributed by atoms with Crippen LogP contribution >= 0.6 is 0 Å². The minimum Gasteiger partial charge on any atom is -0.383 e. The number of rotatable bonds is 5. The van der Waals surface area contributed by atoms with Crippen LogP contribution in [0.3, 0.4) is 0 Å². The SMILES string of the molecule is COCCN1CCN(CC(=O)N2CCc3ccccc32)C[C@H]1C. The van der Waals surface area contributed by atoms with Crippen LogP contribution in [-0.2, 0) is 16.0 Å². The molecule has 23 heavy (non-hydrogen) atoms. The van der Waals surface area contributed by atoms with Crippen LogP contribution in [0.1, 0.15) is 12.5 Å². The molecule has 3 rings (SSSR count). The van der Waals surface area contributed by atoms with Crippen molar-refractivity contribution in [3.8, 4) is 0 Å². The fourth-order valence-corrected chi connectivity index (χ4v) is 3.63. The van der Waals surface area contributed by atoms with E-state index in [2.05, 4.69) is 28.9 Å². The van der Waals surface area contributed by atoms with Gasteiger partial charge in [0.1, 0.15) is 0 Å². The van der Waals surface area contributed by atoms with Gasteiger partial charge in [0.15, 0.2) is 0 Å². The average Bonchev–Trinajstić information content (AvgIpc) is 2.98. The number of nitrogens with zero attached hydrogens (tertiary/aromatic N) is 3. The van der Waals surface area contributed by atoms with Crippen molar-refractivity contribution in [3.63, 3.8) is 0 Å². The van der Waals surface area contributed by atoms with Crippen molar-refractivity contribution < 1.29 is 9.53 Å². The number of amides is 1. The molecule has 5 nitrogen and oxygen atoms in total. The lowest BCUT2D eigenvalue weighted by atomic mass is 10.2. The third kappa shape index (κ3) is 3.74. The van der Waals surface area contributed by atoms with Crippen LogP contribution < -0.4 is 4.90 Å². The molecule has 126 valence electrons. The van der Waals surface area contributed by atoms with E-state index in [9.17, 15) is 4.79 Å². The maximum atomic E-state index is 12.7. The number of anilines is 1. The molecule has 0 aliphatic carbocycles. The monoisotopic (exact) mass is 317 g/mol. The number of ether oxygens (including phenoxy) is 1. The van der Waals surface area contributed by atoms with Crippen LogP contribution in [0.2, 0.25) is 0 Å². The fourth-order valence-electron chi connectivity index (χ4n) is 3.63. The molecule has 2 aliphatic heterocycles. The standard InChI is InChI=1S/C18H27N3O2/c1-15-13-19(9-10-20(15)11-12-23-2)14-18(22)21-8-7-16-5-3-4-6-17(16)21/h3-6,15H,7-14H2,1-2H3/t15-/m1/s1. The molecule has 1 aromatic rings. The van der Waals surface area contributed by atoms with Crippen LogP contribution in [0.5, 0.6) is 0 Å². The Morgan fingerprint density at radius 1 is 1.26 bits per heavy atom. The van der Waals surface area contributed by atoms with Crippen molar-refractivity contribution in [1.29, 1.82) is 0 Å². The van der Waals surface area contributed by atoms with Crippen molar-refractivity contribution >= 4 is 11.6 Å². The molecule has 0 spiro atoms. The molecule has 0 N–H and O–H groups in total. The molecule has 0 radical (unpaired) electrons.